The summed E-state index contributed by atoms with van der Waals surface area (Å²) in [5, 5.41) is 5.74. The minimum Gasteiger partial charge on any atom is -0.399 e. The molecule has 0 saturated carbocycles. The van der Waals surface area contributed by atoms with Crippen LogP contribution in [0.2, 0.25) is 0 Å². The van der Waals surface area contributed by atoms with E-state index in [-0.39, 0.29) is 5.75 Å². The molecule has 0 unspecified atom stereocenters. The van der Waals surface area contributed by atoms with Gasteiger partial charge in [-0.25, -0.2) is 13.2 Å². The minimum atomic E-state index is -3.35. The summed E-state index contributed by atoms with van der Waals surface area (Å²) in [4.78, 5) is 25.0. The molecule has 2 amide bonds. The van der Waals surface area contributed by atoms with Gasteiger partial charge in [-0.2, -0.15) is 0 Å². The molecule has 3 rings (SSSR count). The van der Waals surface area contributed by atoms with Crippen molar-refractivity contribution in [2.75, 3.05) is 21.9 Å². The highest BCUT2D eigenvalue weighted by Crippen LogP contribution is 2.30. The molecule has 2 heterocycles. The average Bonchev–Trinajstić information content (AvgIpc) is 3.00. The molecular formula is C21H26BrN3O5S2. The van der Waals surface area contributed by atoms with E-state index in [0.717, 1.165) is 22.2 Å². The molecule has 8 nitrogen and oxygen atoms in total. The first kappa shape index (κ1) is 24.5. The summed E-state index contributed by atoms with van der Waals surface area (Å²) in [6.07, 6.45) is 1.63. The summed E-state index contributed by atoms with van der Waals surface area (Å²) in [5.41, 5.74) is 0.621. The van der Waals surface area contributed by atoms with E-state index >= 15 is 0 Å². The monoisotopic (exact) mass is 543 g/mol. The van der Waals surface area contributed by atoms with Crippen LogP contribution in [0.3, 0.4) is 0 Å². The van der Waals surface area contributed by atoms with Crippen LogP contribution in [0.4, 0.5) is 16.2 Å². The number of anilines is 2. The van der Waals surface area contributed by atoms with Crippen LogP contribution in [-0.4, -0.2) is 38.3 Å². The number of rotatable bonds is 5. The highest BCUT2D eigenvalue weighted by Gasteiger charge is 2.31. The van der Waals surface area contributed by atoms with Crippen LogP contribution in [0.1, 0.15) is 38.7 Å². The Morgan fingerprint density at radius 3 is 2.56 bits per heavy atom. The molecule has 0 radical (unpaired) electrons. The Labute approximate surface area is 200 Å². The number of hydrogen-bond donors (Lipinski definition) is 2. The van der Waals surface area contributed by atoms with Crippen molar-refractivity contribution in [2.45, 2.75) is 45.6 Å². The fourth-order valence-corrected chi connectivity index (χ4v) is 6.21. The van der Waals surface area contributed by atoms with E-state index in [9.17, 15) is 18.0 Å². The van der Waals surface area contributed by atoms with Crippen LogP contribution in [0, 0.1) is 6.92 Å². The third-order valence-electron chi connectivity index (χ3n) is 5.05. The third-order valence-corrected chi connectivity index (χ3v) is 8.40. The van der Waals surface area contributed by atoms with Crippen LogP contribution in [0.15, 0.2) is 34.1 Å². The zero-order valence-electron chi connectivity index (χ0n) is 18.1. The Balaban J connectivity index is 1.67. The summed E-state index contributed by atoms with van der Waals surface area (Å²) in [6, 6.07) is 8.50. The lowest BCUT2D eigenvalue weighted by molar-refractivity contribution is -0.121. The van der Waals surface area contributed by atoms with Gasteiger partial charge in [0.25, 0.3) is 0 Å². The van der Waals surface area contributed by atoms with E-state index in [2.05, 4.69) is 26.6 Å². The molecule has 0 atom stereocenters. The summed E-state index contributed by atoms with van der Waals surface area (Å²) in [6.45, 7) is 5.40. The van der Waals surface area contributed by atoms with Crippen LogP contribution in [-0.2, 0) is 14.8 Å². The van der Waals surface area contributed by atoms with E-state index < -0.39 is 27.6 Å². The van der Waals surface area contributed by atoms with Crippen LogP contribution < -0.4 is 19.7 Å². The fourth-order valence-electron chi connectivity index (χ4n) is 3.32. The number of sulfonamides is 1. The number of carbonyl (C=O) groups is 2. The van der Waals surface area contributed by atoms with Gasteiger partial charge in [0.1, 0.15) is 5.54 Å². The van der Waals surface area contributed by atoms with E-state index in [4.69, 9.17) is 4.74 Å². The van der Waals surface area contributed by atoms with E-state index in [1.54, 1.807) is 44.2 Å². The van der Waals surface area contributed by atoms with Crippen LogP contribution in [0.5, 0.6) is 5.06 Å². The normalized spacial score (nSPS) is 16.2. The van der Waals surface area contributed by atoms with Gasteiger partial charge in [-0.1, -0.05) is 17.8 Å². The van der Waals surface area contributed by atoms with Gasteiger partial charge in [0.15, 0.2) is 5.06 Å². The first-order valence-electron chi connectivity index (χ1n) is 10.2. The number of amides is 2. The molecule has 2 aromatic rings. The molecule has 1 aromatic carbocycles. The van der Waals surface area contributed by atoms with Gasteiger partial charge in [0.05, 0.1) is 15.2 Å². The van der Waals surface area contributed by atoms with Crippen LogP contribution in [0.25, 0.3) is 0 Å². The van der Waals surface area contributed by atoms with Crippen molar-refractivity contribution in [1.29, 1.82) is 0 Å². The van der Waals surface area contributed by atoms with Gasteiger partial charge in [0, 0.05) is 12.2 Å². The second kappa shape index (κ2) is 9.80. The molecule has 1 aliphatic heterocycles. The lowest BCUT2D eigenvalue weighted by Crippen LogP contribution is -2.53. The molecule has 32 heavy (non-hydrogen) atoms. The Morgan fingerprint density at radius 1 is 1.16 bits per heavy atom. The molecular weight excluding hydrogens is 518 g/mol. The number of carbonyl (C=O) groups excluding carboxylic acids is 2. The van der Waals surface area contributed by atoms with Gasteiger partial charge in [-0.15, -0.1) is 0 Å². The molecule has 1 aromatic heterocycles. The maximum Gasteiger partial charge on any atom is 0.414 e. The van der Waals surface area contributed by atoms with Crippen LogP contribution >= 0.6 is 27.3 Å². The zero-order valence-corrected chi connectivity index (χ0v) is 21.3. The smallest absolute Gasteiger partial charge is 0.399 e. The fraction of sp³-hybridized carbons (Fsp3) is 0.429. The molecule has 0 bridgehead atoms. The second-order valence-electron chi connectivity index (χ2n) is 8.10. The number of nitrogens with one attached hydrogen (secondary N) is 2. The summed E-state index contributed by atoms with van der Waals surface area (Å²) in [5.74, 6) is -0.292. The molecule has 1 saturated heterocycles. The summed E-state index contributed by atoms with van der Waals surface area (Å²) >= 11 is 4.55. The van der Waals surface area contributed by atoms with E-state index in [1.165, 1.54) is 15.6 Å². The Kier molecular flexibility index (Phi) is 7.51. The number of benzene rings is 1. The predicted octanol–water partition coefficient (Wildman–Crippen LogP) is 4.64. The number of aryl methyl sites for hydroxylation is 1. The molecule has 1 fully saturated rings. The second-order valence-corrected chi connectivity index (χ2v) is 12.5. The number of thiophene rings is 1. The third kappa shape index (κ3) is 6.02. The quantitative estimate of drug-likeness (QED) is 0.571. The van der Waals surface area contributed by atoms with E-state index in [1.807, 2.05) is 6.92 Å². The first-order chi connectivity index (χ1) is 15.0. The molecule has 11 heteroatoms. The maximum atomic E-state index is 12.8. The van der Waals surface area contributed by atoms with Gasteiger partial charge in [-0.05, 0) is 85.4 Å². The minimum absolute atomic E-state index is 0.142. The molecule has 174 valence electrons. The first-order valence-corrected chi connectivity index (χ1v) is 13.4. The number of ether oxygens (including phenoxy) is 1. The van der Waals surface area contributed by atoms with Gasteiger partial charge in [0.2, 0.25) is 15.9 Å². The Hall–Kier alpha value is -2.11. The summed E-state index contributed by atoms with van der Waals surface area (Å²) < 4.78 is 32.7. The van der Waals surface area contributed by atoms with Gasteiger partial charge >= 0.3 is 6.09 Å². The molecule has 0 aliphatic carbocycles. The number of nitrogens with zero attached hydrogens (tertiary/aromatic N) is 1. The maximum absolute atomic E-state index is 12.8. The lowest BCUT2D eigenvalue weighted by Gasteiger charge is -2.26. The van der Waals surface area contributed by atoms with Crippen molar-refractivity contribution >= 4 is 60.7 Å². The van der Waals surface area contributed by atoms with Crippen molar-refractivity contribution < 1.29 is 22.7 Å². The van der Waals surface area contributed by atoms with Crippen molar-refractivity contribution in [3.63, 3.8) is 0 Å². The van der Waals surface area contributed by atoms with E-state index in [0.29, 0.717) is 29.4 Å². The molecule has 0 spiro atoms. The average molecular weight is 544 g/mol. The lowest BCUT2D eigenvalue weighted by atomic mass is 10.0. The zero-order chi connectivity index (χ0) is 23.5. The number of halogens is 1. The number of hydrogen-bond acceptors (Lipinski definition) is 6. The largest absolute Gasteiger partial charge is 0.414 e. The van der Waals surface area contributed by atoms with Gasteiger partial charge in [-0.3, -0.25) is 9.10 Å². The highest BCUT2D eigenvalue weighted by molar-refractivity contribution is 9.11. The SMILES string of the molecule is Cc1cc(NC(=O)C(C)(C)NC(=O)Oc2ccc(Br)s2)ccc1N1CCCCCS1(=O)=O. The van der Waals surface area contributed by atoms with Crippen molar-refractivity contribution in [3.8, 4) is 5.06 Å². The predicted molar refractivity (Wildman–Crippen MR) is 130 cm³/mol. The Morgan fingerprint density at radius 2 is 1.91 bits per heavy atom. The van der Waals surface area contributed by atoms with Crippen molar-refractivity contribution in [3.05, 3.63) is 39.7 Å². The highest BCUT2D eigenvalue weighted by atomic mass is 79.9. The Bertz CT molecular complexity index is 1110. The topological polar surface area (TPSA) is 105 Å². The standard InChI is InChI=1S/C21H26BrN3O5S2/c1-14-13-15(7-8-16(14)25-11-5-4-6-12-32(25,28)29)23-19(26)21(2,3)24-20(27)30-18-10-9-17(22)31-18/h7-10,13H,4-6,11-12H2,1-3H3,(H,23,26)(H,24,27). The molecule has 1 aliphatic rings. The summed E-state index contributed by atoms with van der Waals surface area (Å²) in [7, 11) is -3.35. The van der Waals surface area contributed by atoms with Gasteiger partial charge < -0.3 is 15.4 Å². The molecule has 2 N–H and O–H groups in total. The van der Waals surface area contributed by atoms with Crippen molar-refractivity contribution in [1.82, 2.24) is 5.32 Å². The van der Waals surface area contributed by atoms with Crippen molar-refractivity contribution in [2.24, 2.45) is 0 Å².